The van der Waals surface area contributed by atoms with Gasteiger partial charge in [0, 0.05) is 38.1 Å². The van der Waals surface area contributed by atoms with Gasteiger partial charge in [-0.3, -0.25) is 9.69 Å². The number of amides is 1. The van der Waals surface area contributed by atoms with Gasteiger partial charge in [0.2, 0.25) is 5.91 Å². The number of piperidine rings is 1. The molecule has 5 nitrogen and oxygen atoms in total. The van der Waals surface area contributed by atoms with Crippen LogP contribution in [0.3, 0.4) is 0 Å². The molecule has 2 aliphatic rings. The first-order chi connectivity index (χ1) is 10.9. The maximum Gasteiger partial charge on any atom is 0.219 e. The van der Waals surface area contributed by atoms with Crippen molar-refractivity contribution in [3.63, 3.8) is 0 Å². The third-order valence-corrected chi connectivity index (χ3v) is 5.43. The van der Waals surface area contributed by atoms with E-state index in [1.54, 1.807) is 17.0 Å². The molecule has 2 fully saturated rings. The summed E-state index contributed by atoms with van der Waals surface area (Å²) in [6.07, 6.45) is 0.705. The van der Waals surface area contributed by atoms with E-state index in [4.69, 9.17) is 11.6 Å². The molecule has 0 spiro atoms. The average Bonchev–Trinajstić information content (AvgIpc) is 2.91. The molecule has 23 heavy (non-hydrogen) atoms. The topological polar surface area (TPSA) is 64.0 Å². The monoisotopic (exact) mass is 338 g/mol. The fourth-order valence-electron chi connectivity index (χ4n) is 3.66. The zero-order valence-electron chi connectivity index (χ0n) is 13.3. The lowest BCUT2D eigenvalue weighted by Gasteiger charge is -2.41. The lowest BCUT2D eigenvalue weighted by Crippen LogP contribution is -2.51. The van der Waals surface area contributed by atoms with Crippen molar-refractivity contribution in [3.05, 3.63) is 34.9 Å². The molecule has 1 aromatic rings. The Kier molecular flexibility index (Phi) is 4.65. The number of aliphatic hydroxyl groups is 2. The first-order valence-electron chi connectivity index (χ1n) is 8.05. The van der Waals surface area contributed by atoms with Crippen LogP contribution in [0.15, 0.2) is 24.3 Å². The van der Waals surface area contributed by atoms with Gasteiger partial charge in [-0.05, 0) is 30.5 Å². The van der Waals surface area contributed by atoms with Gasteiger partial charge in [-0.2, -0.15) is 0 Å². The van der Waals surface area contributed by atoms with Crippen LogP contribution in [0.2, 0.25) is 5.02 Å². The molecule has 2 heterocycles. The van der Waals surface area contributed by atoms with E-state index in [1.807, 2.05) is 12.1 Å². The van der Waals surface area contributed by atoms with Crippen LogP contribution in [0.4, 0.5) is 0 Å². The number of nitrogens with zero attached hydrogens (tertiary/aromatic N) is 2. The van der Waals surface area contributed by atoms with Crippen LogP contribution in [0.25, 0.3) is 0 Å². The van der Waals surface area contributed by atoms with E-state index in [2.05, 4.69) is 4.90 Å². The fourth-order valence-corrected chi connectivity index (χ4v) is 3.79. The number of rotatable bonds is 2. The number of likely N-dealkylation sites (tertiary alicyclic amines) is 2. The summed E-state index contributed by atoms with van der Waals surface area (Å²) in [6.45, 7) is 3.90. The van der Waals surface area contributed by atoms with E-state index < -0.39 is 11.7 Å². The van der Waals surface area contributed by atoms with Gasteiger partial charge in [-0.1, -0.05) is 23.7 Å². The third-order valence-electron chi connectivity index (χ3n) is 5.18. The lowest BCUT2D eigenvalue weighted by atomic mass is 9.84. The molecule has 2 atom stereocenters. The van der Waals surface area contributed by atoms with Crippen molar-refractivity contribution in [1.82, 2.24) is 9.80 Å². The smallest absolute Gasteiger partial charge is 0.219 e. The summed E-state index contributed by atoms with van der Waals surface area (Å²) in [7, 11) is 0. The summed E-state index contributed by atoms with van der Waals surface area (Å²) in [5, 5.41) is 21.8. The molecule has 126 valence electrons. The van der Waals surface area contributed by atoms with Crippen LogP contribution in [0.1, 0.15) is 25.3 Å². The number of aliphatic hydroxyl groups excluding tert-OH is 1. The summed E-state index contributed by atoms with van der Waals surface area (Å²) in [5.41, 5.74) is 0.0455. The van der Waals surface area contributed by atoms with Crippen molar-refractivity contribution in [2.45, 2.75) is 37.5 Å². The number of β-amino-alcohol motifs (C(OH)–C–C–N with tert-alkyl or cyclic N) is 1. The predicted octanol–water partition coefficient (Wildman–Crippen LogP) is 1.21. The number of carbonyl (C=O) groups is 1. The number of carbonyl (C=O) groups excluding carboxylic acids is 1. The summed E-state index contributed by atoms with van der Waals surface area (Å²) in [6, 6.07) is 7.31. The first-order valence-corrected chi connectivity index (χ1v) is 8.43. The fraction of sp³-hybridized carbons (Fsp3) is 0.588. The molecule has 1 amide bonds. The minimum Gasteiger partial charge on any atom is -0.390 e. The van der Waals surface area contributed by atoms with Crippen molar-refractivity contribution in [2.24, 2.45) is 0 Å². The van der Waals surface area contributed by atoms with Gasteiger partial charge < -0.3 is 15.1 Å². The van der Waals surface area contributed by atoms with Gasteiger partial charge in [0.25, 0.3) is 0 Å². The van der Waals surface area contributed by atoms with Crippen LogP contribution in [-0.4, -0.2) is 64.2 Å². The van der Waals surface area contributed by atoms with Crippen molar-refractivity contribution in [1.29, 1.82) is 0 Å². The Bertz CT molecular complexity index is 570. The molecule has 3 rings (SSSR count). The second kappa shape index (κ2) is 6.40. The molecule has 2 N–H and O–H groups in total. The van der Waals surface area contributed by atoms with Crippen molar-refractivity contribution >= 4 is 17.5 Å². The Balaban J connectivity index is 1.64. The molecule has 0 bridgehead atoms. The number of hydrogen-bond donors (Lipinski definition) is 2. The van der Waals surface area contributed by atoms with E-state index in [0.717, 1.165) is 5.56 Å². The van der Waals surface area contributed by atoms with Crippen LogP contribution < -0.4 is 0 Å². The Hall–Kier alpha value is -1.14. The van der Waals surface area contributed by atoms with Crippen LogP contribution >= 0.6 is 11.6 Å². The van der Waals surface area contributed by atoms with Crippen LogP contribution in [0, 0.1) is 0 Å². The molecule has 6 heteroatoms. The number of benzene rings is 1. The van der Waals surface area contributed by atoms with Crippen molar-refractivity contribution in [3.8, 4) is 0 Å². The van der Waals surface area contributed by atoms with Gasteiger partial charge >= 0.3 is 0 Å². The minimum absolute atomic E-state index is 0.00114. The molecule has 1 aromatic carbocycles. The molecule has 0 saturated carbocycles. The van der Waals surface area contributed by atoms with Gasteiger partial charge in [-0.15, -0.1) is 0 Å². The Morgan fingerprint density at radius 3 is 2.35 bits per heavy atom. The minimum atomic E-state index is -0.842. The Morgan fingerprint density at radius 2 is 1.83 bits per heavy atom. The highest BCUT2D eigenvalue weighted by Crippen LogP contribution is 2.35. The van der Waals surface area contributed by atoms with Gasteiger partial charge in [0.15, 0.2) is 0 Å². The van der Waals surface area contributed by atoms with Crippen LogP contribution in [-0.2, 0) is 10.4 Å². The highest BCUT2D eigenvalue weighted by atomic mass is 35.5. The summed E-state index contributed by atoms with van der Waals surface area (Å²) in [4.78, 5) is 15.4. The lowest BCUT2D eigenvalue weighted by molar-refractivity contribution is -0.128. The third kappa shape index (κ3) is 3.38. The highest BCUT2D eigenvalue weighted by Gasteiger charge is 2.41. The molecule has 0 radical (unpaired) electrons. The summed E-state index contributed by atoms with van der Waals surface area (Å²) in [5.74, 6) is 0.00114. The molecule has 0 aromatic heterocycles. The van der Waals surface area contributed by atoms with E-state index in [1.165, 1.54) is 6.92 Å². The Labute approximate surface area is 141 Å². The molecule has 1 unspecified atom stereocenters. The predicted molar refractivity (Wildman–Crippen MR) is 88.2 cm³/mol. The van der Waals surface area contributed by atoms with Crippen LogP contribution in [0.5, 0.6) is 0 Å². The maximum absolute atomic E-state index is 11.5. The second-order valence-corrected chi connectivity index (χ2v) is 7.07. The van der Waals surface area contributed by atoms with E-state index >= 15 is 0 Å². The zero-order chi connectivity index (χ0) is 16.6. The average molecular weight is 339 g/mol. The van der Waals surface area contributed by atoms with E-state index in [9.17, 15) is 15.0 Å². The quantitative estimate of drug-likeness (QED) is 0.851. The second-order valence-electron chi connectivity index (χ2n) is 6.63. The Morgan fingerprint density at radius 1 is 1.22 bits per heavy atom. The molecule has 0 aliphatic carbocycles. The molecule has 2 saturated heterocycles. The van der Waals surface area contributed by atoms with E-state index in [0.29, 0.717) is 44.0 Å². The van der Waals surface area contributed by atoms with Crippen molar-refractivity contribution < 1.29 is 15.0 Å². The SMILES string of the molecule is CC(=O)N1CC(O)[C@H](N2CCC(O)(c3ccc(Cl)cc3)CC2)C1. The normalized spacial score (nSPS) is 28.1. The summed E-state index contributed by atoms with van der Waals surface area (Å²) >= 11 is 5.91. The van der Waals surface area contributed by atoms with Gasteiger partial charge in [0.05, 0.1) is 17.7 Å². The molecule has 2 aliphatic heterocycles. The molecular weight excluding hydrogens is 316 g/mol. The summed E-state index contributed by atoms with van der Waals surface area (Å²) < 4.78 is 0. The number of halogens is 1. The first kappa shape index (κ1) is 16.7. The van der Waals surface area contributed by atoms with Gasteiger partial charge in [-0.25, -0.2) is 0 Å². The highest BCUT2D eigenvalue weighted by molar-refractivity contribution is 6.30. The number of hydrogen-bond acceptors (Lipinski definition) is 4. The van der Waals surface area contributed by atoms with Crippen molar-refractivity contribution in [2.75, 3.05) is 26.2 Å². The standard InChI is InChI=1S/C17H23ClN2O3/c1-12(21)20-10-15(16(22)11-20)19-8-6-17(23,7-9-19)13-2-4-14(18)5-3-13/h2-5,15-16,22-23H,6-11H2,1H3/t15-,16?/m1/s1. The molecular formula is C17H23ClN2O3. The maximum atomic E-state index is 11.5. The largest absolute Gasteiger partial charge is 0.390 e. The van der Waals surface area contributed by atoms with Gasteiger partial charge in [0.1, 0.15) is 0 Å². The van der Waals surface area contributed by atoms with E-state index in [-0.39, 0.29) is 11.9 Å². The zero-order valence-corrected chi connectivity index (χ0v) is 14.0.